The minimum atomic E-state index is 0.145. The van der Waals surface area contributed by atoms with E-state index in [9.17, 15) is 4.79 Å². The van der Waals surface area contributed by atoms with Gasteiger partial charge in [-0.25, -0.2) is 0 Å². The number of rotatable bonds is 6. The number of carbonyl (C=O) groups excluding carboxylic acids is 1. The van der Waals surface area contributed by atoms with Crippen molar-refractivity contribution in [3.8, 4) is 0 Å². The van der Waals surface area contributed by atoms with E-state index in [1.165, 1.54) is 0 Å². The van der Waals surface area contributed by atoms with E-state index in [1.54, 1.807) is 11.9 Å². The maximum absolute atomic E-state index is 11.9. The number of hydrogen-bond donors (Lipinski definition) is 1. The van der Waals surface area contributed by atoms with Gasteiger partial charge in [-0.1, -0.05) is 32.0 Å². The fraction of sp³-hybridized carbons (Fsp3) is 0.429. The molecule has 0 saturated heterocycles. The number of hydrogen-bond acceptors (Lipinski definition) is 2. The molecule has 0 heterocycles. The Balaban J connectivity index is 2.63. The van der Waals surface area contributed by atoms with Gasteiger partial charge in [0.15, 0.2) is 0 Å². The van der Waals surface area contributed by atoms with Crippen molar-refractivity contribution in [1.82, 2.24) is 0 Å². The van der Waals surface area contributed by atoms with Crippen LogP contribution in [-0.4, -0.2) is 17.9 Å². The molecule has 1 amide bonds. The maximum Gasteiger partial charge on any atom is 0.226 e. The van der Waals surface area contributed by atoms with Gasteiger partial charge in [-0.3, -0.25) is 4.79 Å². The highest BCUT2D eigenvalue weighted by Crippen LogP contribution is 2.15. The van der Waals surface area contributed by atoms with Crippen molar-refractivity contribution in [2.45, 2.75) is 32.6 Å². The van der Waals surface area contributed by atoms with E-state index < -0.39 is 0 Å². The molecule has 2 N–H and O–H groups in total. The normalized spacial score (nSPS) is 10.1. The average Bonchev–Trinajstić information content (AvgIpc) is 2.38. The Morgan fingerprint density at radius 3 is 2.39 bits per heavy atom. The van der Waals surface area contributed by atoms with Crippen molar-refractivity contribution in [3.63, 3.8) is 0 Å². The summed E-state index contributed by atoms with van der Waals surface area (Å²) >= 11 is 4.89. The van der Waals surface area contributed by atoms with E-state index in [-0.39, 0.29) is 5.91 Å². The third-order valence-electron chi connectivity index (χ3n) is 2.91. The standard InChI is InChI=1S/C14H20N2OS/c1-3-4-5-6-13(17)16(2)12-9-7-11(8-10-12)14(15)18/h7-10H,3-6H2,1-2H3,(H2,15,18). The second kappa shape index (κ2) is 7.11. The second-order valence-corrected chi connectivity index (χ2v) is 4.76. The van der Waals surface area contributed by atoms with Gasteiger partial charge in [0.2, 0.25) is 5.91 Å². The molecule has 0 bridgehead atoms. The van der Waals surface area contributed by atoms with Gasteiger partial charge in [-0.05, 0) is 30.7 Å². The van der Waals surface area contributed by atoms with E-state index in [0.29, 0.717) is 11.4 Å². The molecule has 3 nitrogen and oxygen atoms in total. The van der Waals surface area contributed by atoms with Crippen LogP contribution in [0.15, 0.2) is 24.3 Å². The molecule has 0 aliphatic rings. The number of nitrogens with two attached hydrogens (primary N) is 1. The molecule has 0 aliphatic heterocycles. The van der Waals surface area contributed by atoms with Crippen LogP contribution in [0.5, 0.6) is 0 Å². The summed E-state index contributed by atoms with van der Waals surface area (Å²) in [5, 5.41) is 0. The van der Waals surface area contributed by atoms with Crippen LogP contribution in [0.25, 0.3) is 0 Å². The fourth-order valence-corrected chi connectivity index (χ4v) is 1.82. The Labute approximate surface area is 114 Å². The van der Waals surface area contributed by atoms with Gasteiger partial charge in [0.05, 0.1) is 0 Å². The SMILES string of the molecule is CCCCCC(=O)N(C)c1ccc(C(N)=S)cc1. The van der Waals surface area contributed by atoms with Crippen molar-refractivity contribution in [1.29, 1.82) is 0 Å². The van der Waals surface area contributed by atoms with Crippen molar-refractivity contribution in [2.75, 3.05) is 11.9 Å². The Kier molecular flexibility index (Phi) is 5.78. The highest BCUT2D eigenvalue weighted by molar-refractivity contribution is 7.80. The Hall–Kier alpha value is -1.42. The van der Waals surface area contributed by atoms with E-state index >= 15 is 0 Å². The van der Waals surface area contributed by atoms with Gasteiger partial charge >= 0.3 is 0 Å². The third-order valence-corrected chi connectivity index (χ3v) is 3.14. The molecule has 0 fully saturated rings. The lowest BCUT2D eigenvalue weighted by Crippen LogP contribution is -2.25. The summed E-state index contributed by atoms with van der Waals surface area (Å²) in [7, 11) is 1.80. The highest BCUT2D eigenvalue weighted by Gasteiger charge is 2.10. The zero-order chi connectivity index (χ0) is 13.5. The molecule has 98 valence electrons. The van der Waals surface area contributed by atoms with Crippen LogP contribution in [0.3, 0.4) is 0 Å². The van der Waals surface area contributed by atoms with Gasteiger partial charge in [0.1, 0.15) is 4.99 Å². The molecule has 0 aliphatic carbocycles. The monoisotopic (exact) mass is 264 g/mol. The number of thiocarbonyl (C=S) groups is 1. The van der Waals surface area contributed by atoms with E-state index in [4.69, 9.17) is 18.0 Å². The molecule has 0 unspecified atom stereocenters. The predicted molar refractivity (Wildman–Crippen MR) is 79.9 cm³/mol. The smallest absolute Gasteiger partial charge is 0.226 e. The molecule has 1 rings (SSSR count). The highest BCUT2D eigenvalue weighted by atomic mass is 32.1. The largest absolute Gasteiger partial charge is 0.389 e. The van der Waals surface area contributed by atoms with Crippen LogP contribution in [-0.2, 0) is 4.79 Å². The molecule has 1 aromatic rings. The lowest BCUT2D eigenvalue weighted by molar-refractivity contribution is -0.118. The quantitative estimate of drug-likeness (QED) is 0.635. The maximum atomic E-state index is 11.9. The first kappa shape index (κ1) is 14.6. The molecular formula is C14H20N2OS. The summed E-state index contributed by atoms with van der Waals surface area (Å²) in [6.45, 7) is 2.13. The van der Waals surface area contributed by atoms with Crippen LogP contribution in [0, 0.1) is 0 Å². The van der Waals surface area contributed by atoms with Crippen LogP contribution >= 0.6 is 12.2 Å². The Morgan fingerprint density at radius 2 is 1.89 bits per heavy atom. The summed E-state index contributed by atoms with van der Waals surface area (Å²) in [4.78, 5) is 14.0. The molecule has 0 radical (unpaired) electrons. The van der Waals surface area contributed by atoms with Gasteiger partial charge in [0, 0.05) is 24.7 Å². The number of carbonyl (C=O) groups is 1. The van der Waals surface area contributed by atoms with E-state index in [0.717, 1.165) is 30.5 Å². The third kappa shape index (κ3) is 4.11. The minimum absolute atomic E-state index is 0.145. The summed E-state index contributed by atoms with van der Waals surface area (Å²) < 4.78 is 0. The van der Waals surface area contributed by atoms with Gasteiger partial charge in [-0.2, -0.15) is 0 Å². The molecular weight excluding hydrogens is 244 g/mol. The molecule has 1 aromatic carbocycles. The number of unbranched alkanes of at least 4 members (excludes halogenated alkanes) is 2. The predicted octanol–water partition coefficient (Wildman–Crippen LogP) is 2.86. The first-order valence-corrected chi connectivity index (χ1v) is 6.63. The van der Waals surface area contributed by atoms with Crippen molar-refractivity contribution < 1.29 is 4.79 Å². The van der Waals surface area contributed by atoms with Gasteiger partial charge in [0.25, 0.3) is 0 Å². The summed E-state index contributed by atoms with van der Waals surface area (Å²) in [5.41, 5.74) is 7.22. The molecule has 4 heteroatoms. The second-order valence-electron chi connectivity index (χ2n) is 4.32. The zero-order valence-electron chi connectivity index (χ0n) is 11.0. The average molecular weight is 264 g/mol. The van der Waals surface area contributed by atoms with Crippen LogP contribution in [0.4, 0.5) is 5.69 Å². The number of nitrogens with zero attached hydrogens (tertiary/aromatic N) is 1. The van der Waals surface area contributed by atoms with E-state index in [2.05, 4.69) is 6.92 Å². The molecule has 0 aromatic heterocycles. The minimum Gasteiger partial charge on any atom is -0.389 e. The van der Waals surface area contributed by atoms with Gasteiger partial charge < -0.3 is 10.6 Å². The number of benzene rings is 1. The van der Waals surface area contributed by atoms with Crippen molar-refractivity contribution in [3.05, 3.63) is 29.8 Å². The Bertz CT molecular complexity index is 414. The fourth-order valence-electron chi connectivity index (χ4n) is 1.69. The zero-order valence-corrected chi connectivity index (χ0v) is 11.8. The first-order chi connectivity index (χ1) is 8.56. The number of anilines is 1. The van der Waals surface area contributed by atoms with Crippen molar-refractivity contribution >= 4 is 28.8 Å². The summed E-state index contributed by atoms with van der Waals surface area (Å²) in [5.74, 6) is 0.145. The van der Waals surface area contributed by atoms with Crippen molar-refractivity contribution in [2.24, 2.45) is 5.73 Å². The van der Waals surface area contributed by atoms with Crippen LogP contribution < -0.4 is 10.6 Å². The lowest BCUT2D eigenvalue weighted by atomic mass is 10.1. The number of amides is 1. The summed E-state index contributed by atoms with van der Waals surface area (Å²) in [6.07, 6.45) is 3.77. The summed E-state index contributed by atoms with van der Waals surface area (Å²) in [6, 6.07) is 7.42. The van der Waals surface area contributed by atoms with Gasteiger partial charge in [-0.15, -0.1) is 0 Å². The van der Waals surface area contributed by atoms with E-state index in [1.807, 2.05) is 24.3 Å². The molecule has 0 spiro atoms. The van der Waals surface area contributed by atoms with Crippen LogP contribution in [0.1, 0.15) is 38.2 Å². The first-order valence-electron chi connectivity index (χ1n) is 6.22. The Morgan fingerprint density at radius 1 is 1.28 bits per heavy atom. The van der Waals surface area contributed by atoms with Crippen LogP contribution in [0.2, 0.25) is 0 Å². The lowest BCUT2D eigenvalue weighted by Gasteiger charge is -2.17. The molecule has 0 saturated carbocycles. The topological polar surface area (TPSA) is 46.3 Å². The molecule has 0 atom stereocenters. The molecule has 18 heavy (non-hydrogen) atoms.